The summed E-state index contributed by atoms with van der Waals surface area (Å²) in [6.07, 6.45) is 9.94. The summed E-state index contributed by atoms with van der Waals surface area (Å²) in [6, 6.07) is 8.75. The van der Waals surface area contributed by atoms with Gasteiger partial charge < -0.3 is 67.9 Å². The smallest absolute Gasteiger partial charge is 0.329 e. The second-order valence-electron chi connectivity index (χ2n) is 28.3. The van der Waals surface area contributed by atoms with Crippen molar-refractivity contribution in [3.8, 4) is 17.0 Å². The SMILES string of the molecule is COc1ccc(-c2ccc3c(N4CCOC[C@@H]4C)nc(N4CCOC[C@@H]4C)nc3n2)cc1COC1C[C@@H]2CC[C@@H](C)[C@@](O)(O2)C(=O)C(=O)N2CCCC[C@H]2C(=O)O[C@H](C(C)C[C@H]2CC[C@@H](O)[C@H](OC)C2)CC(=O)[C@H](C)/C=C(\C)[C@@H](O)[C@@H](OC)C(=O)[C@H](C)C[C@H](C)/C=C/C=CC=C1C. The predicted octanol–water partition coefficient (Wildman–Crippen LogP) is 9.22. The second kappa shape index (κ2) is 34.1. The molecule has 4 saturated heterocycles. The van der Waals surface area contributed by atoms with Gasteiger partial charge in [0.15, 0.2) is 11.4 Å². The van der Waals surface area contributed by atoms with Crippen molar-refractivity contribution in [2.24, 2.45) is 35.5 Å². The van der Waals surface area contributed by atoms with Crippen LogP contribution in [0.15, 0.2) is 77.9 Å². The average molecular weight is 1350 g/mol. The molecule has 3 N–H and O–H groups in total. The number of carbonyl (C=O) groups excluding carboxylic acids is 5. The molecule has 1 aliphatic carbocycles. The van der Waals surface area contributed by atoms with E-state index in [0.717, 1.165) is 27.9 Å². The predicted molar refractivity (Wildman–Crippen MR) is 367 cm³/mol. The maximum Gasteiger partial charge on any atom is 0.329 e. The van der Waals surface area contributed by atoms with Gasteiger partial charge in [-0.05, 0) is 151 Å². The summed E-state index contributed by atoms with van der Waals surface area (Å²) in [7, 11) is 4.54. The lowest BCUT2D eigenvalue weighted by Crippen LogP contribution is -2.61. The molecule has 97 heavy (non-hydrogen) atoms. The molecule has 2 aromatic heterocycles. The number of allylic oxidation sites excluding steroid dienone is 6. The number of fused-ring (bicyclic) bond motifs is 4. The fourth-order valence-corrected chi connectivity index (χ4v) is 14.8. The highest BCUT2D eigenvalue weighted by molar-refractivity contribution is 6.39. The number of piperidine rings is 1. The maximum absolute atomic E-state index is 14.9. The Balaban J connectivity index is 1.02. The summed E-state index contributed by atoms with van der Waals surface area (Å²) in [4.78, 5) is 94.1. The Bertz CT molecular complexity index is 3360. The maximum atomic E-state index is 14.9. The van der Waals surface area contributed by atoms with Crippen molar-refractivity contribution in [1.82, 2.24) is 19.9 Å². The first-order chi connectivity index (χ1) is 46.4. The number of aromatic nitrogens is 3. The van der Waals surface area contributed by atoms with Crippen LogP contribution in [0.2, 0.25) is 0 Å². The number of methoxy groups -OCH3 is 3. The Morgan fingerprint density at radius 1 is 0.763 bits per heavy atom. The first-order valence-electron chi connectivity index (χ1n) is 35.2. The Labute approximate surface area is 572 Å². The van der Waals surface area contributed by atoms with Gasteiger partial charge in [-0.3, -0.25) is 19.2 Å². The minimum absolute atomic E-state index is 0.0370. The highest BCUT2D eigenvalue weighted by atomic mass is 16.6. The molecule has 532 valence electrons. The number of benzene rings is 1. The van der Waals surface area contributed by atoms with Crippen LogP contribution in [0.3, 0.4) is 0 Å². The van der Waals surface area contributed by atoms with Crippen LogP contribution in [0.4, 0.5) is 11.8 Å². The standard InChI is InChI=1S/C75H106N6O16/c1-44-18-14-13-15-19-45(2)63(95-43-55-38-54(23-28-62(55)90-10)58-26-25-57-70(76-58)77-74(80-31-33-94-42-52(80)9)78-71(57)79-30-32-93-41-51(79)8)39-56-24-21-50(7)75(89,97-56)69(86)72(87)81-29-17-16-20-59(81)73(88)96-64(47(4)36-53-22-27-60(82)65(37-53)91-11)40-61(83)46(3)35-49(6)67(85)68(92-12)66(84)48(5)34-44/h13-15,18-19,23,25-26,28,35,38,44,46-48,50-53,56,59-60,63-65,67-68,82,85,89H,16-17,20-22,24,27,29-34,36-37,39-43H2,1-12H3/b15-13?,18-14+,45-19?,49-35+/t44-,46-,47?,48-,50-,51+,52+,53-,56+,59+,60-,63?,64+,65-,67-,68+,75-/m1/s1. The fraction of sp³-hybridized carbons (Fsp3) is 0.653. The average Bonchev–Trinajstić information content (AvgIpc) is 0.774. The number of rotatable bonds is 12. The summed E-state index contributed by atoms with van der Waals surface area (Å²) in [5.41, 5.74) is 3.89. The number of pyridine rings is 1. The van der Waals surface area contributed by atoms with Crippen LogP contribution < -0.4 is 14.5 Å². The van der Waals surface area contributed by atoms with Crippen LogP contribution in [0.1, 0.15) is 145 Å². The van der Waals surface area contributed by atoms with Crippen molar-refractivity contribution in [2.45, 2.75) is 213 Å². The summed E-state index contributed by atoms with van der Waals surface area (Å²) < 4.78 is 48.7. The van der Waals surface area contributed by atoms with E-state index < -0.39 is 83.9 Å². The summed E-state index contributed by atoms with van der Waals surface area (Å²) in [6.45, 7) is 20.6. The Hall–Kier alpha value is -6.34. The number of ketones is 3. The Morgan fingerprint density at radius 2 is 1.51 bits per heavy atom. The van der Waals surface area contributed by atoms with E-state index in [1.807, 2.05) is 88.4 Å². The van der Waals surface area contributed by atoms with E-state index in [0.29, 0.717) is 126 Å². The van der Waals surface area contributed by atoms with Gasteiger partial charge in [0.2, 0.25) is 11.7 Å². The molecule has 0 radical (unpaired) electrons. The van der Waals surface area contributed by atoms with E-state index in [4.69, 9.17) is 52.8 Å². The normalized spacial score (nSPS) is 33.6. The monoisotopic (exact) mass is 1350 g/mol. The molecule has 22 heteroatoms. The molecule has 2 unspecified atom stereocenters. The van der Waals surface area contributed by atoms with E-state index in [2.05, 4.69) is 23.6 Å². The van der Waals surface area contributed by atoms with E-state index in [9.17, 15) is 39.3 Å². The number of amides is 1. The Kier molecular flexibility index (Phi) is 26.4. The van der Waals surface area contributed by atoms with Crippen LogP contribution >= 0.6 is 0 Å². The second-order valence-corrected chi connectivity index (χ2v) is 28.3. The molecule has 22 nitrogen and oxygen atoms in total. The van der Waals surface area contributed by atoms with Crippen molar-refractivity contribution in [1.29, 1.82) is 0 Å². The van der Waals surface area contributed by atoms with Crippen LogP contribution in [0.5, 0.6) is 5.75 Å². The Morgan fingerprint density at radius 3 is 2.22 bits per heavy atom. The third-order valence-electron chi connectivity index (χ3n) is 21.0. The van der Waals surface area contributed by atoms with Crippen LogP contribution in [-0.2, 0) is 63.7 Å². The number of ether oxygens (including phenoxy) is 8. The molecule has 5 aliphatic heterocycles. The van der Waals surface area contributed by atoms with Gasteiger partial charge in [0, 0.05) is 75.6 Å². The molecule has 1 saturated carbocycles. The quantitative estimate of drug-likeness (QED) is 0.0866. The number of anilines is 2. The molecule has 1 amide bonds. The zero-order valence-electron chi connectivity index (χ0n) is 59.1. The summed E-state index contributed by atoms with van der Waals surface area (Å²) in [5.74, 6) is -6.66. The molecule has 0 spiro atoms. The van der Waals surface area contributed by atoms with Crippen molar-refractivity contribution in [2.75, 3.05) is 77.2 Å². The summed E-state index contributed by atoms with van der Waals surface area (Å²) in [5, 5.41) is 35.7. The van der Waals surface area contributed by atoms with Crippen LogP contribution in [0, 0.1) is 35.5 Å². The zero-order chi connectivity index (χ0) is 69.8. The number of carbonyl (C=O) groups is 5. The molecule has 6 aliphatic rings. The van der Waals surface area contributed by atoms with Gasteiger partial charge in [-0.15, -0.1) is 0 Å². The van der Waals surface area contributed by atoms with E-state index in [-0.39, 0.29) is 79.9 Å². The van der Waals surface area contributed by atoms with Gasteiger partial charge in [-0.2, -0.15) is 9.97 Å². The van der Waals surface area contributed by atoms with Crippen LogP contribution in [-0.4, -0.2) is 198 Å². The highest BCUT2D eigenvalue weighted by Crippen LogP contribution is 2.40. The number of nitrogens with zero attached hydrogens (tertiary/aromatic N) is 6. The molecular weight excluding hydrogens is 1240 g/mol. The first kappa shape index (κ1) is 74.9. The van der Waals surface area contributed by atoms with Gasteiger partial charge in [-0.25, -0.2) is 9.78 Å². The molecular formula is C75H106N6O16. The van der Waals surface area contributed by atoms with Crippen molar-refractivity contribution in [3.05, 3.63) is 83.5 Å². The van der Waals surface area contributed by atoms with Gasteiger partial charge in [0.05, 0.1) is 87.7 Å². The van der Waals surface area contributed by atoms with E-state index in [1.165, 1.54) is 12.0 Å². The zero-order valence-corrected chi connectivity index (χ0v) is 59.1. The largest absolute Gasteiger partial charge is 0.496 e. The molecule has 5 fully saturated rings. The fourth-order valence-electron chi connectivity index (χ4n) is 14.8. The molecule has 7 heterocycles. The number of aliphatic hydroxyl groups is 3. The number of esters is 1. The van der Waals surface area contributed by atoms with Crippen molar-refractivity contribution < 1.29 is 77.2 Å². The van der Waals surface area contributed by atoms with Gasteiger partial charge in [0.1, 0.15) is 41.7 Å². The number of morpholine rings is 2. The lowest BCUT2D eigenvalue weighted by molar-refractivity contribution is -0.266. The summed E-state index contributed by atoms with van der Waals surface area (Å²) >= 11 is 0. The lowest BCUT2D eigenvalue weighted by atomic mass is 9.78. The van der Waals surface area contributed by atoms with E-state index in [1.54, 1.807) is 41.1 Å². The molecule has 17 atom stereocenters. The molecule has 9 rings (SSSR count). The minimum atomic E-state index is -2.56. The van der Waals surface area contributed by atoms with Crippen molar-refractivity contribution in [3.63, 3.8) is 0 Å². The van der Waals surface area contributed by atoms with E-state index >= 15 is 0 Å². The minimum Gasteiger partial charge on any atom is -0.496 e. The van der Waals surface area contributed by atoms with Gasteiger partial charge >= 0.3 is 5.97 Å². The molecule has 1 aromatic carbocycles. The number of aliphatic hydroxyl groups excluding tert-OH is 2. The highest BCUT2D eigenvalue weighted by Gasteiger charge is 2.53. The van der Waals surface area contributed by atoms with Crippen molar-refractivity contribution >= 4 is 52.0 Å². The third kappa shape index (κ3) is 18.2. The number of hydrogen-bond acceptors (Lipinski definition) is 21. The first-order valence-corrected chi connectivity index (χ1v) is 35.2. The lowest BCUT2D eigenvalue weighted by Gasteiger charge is -2.43. The van der Waals surface area contributed by atoms with Crippen LogP contribution in [0.25, 0.3) is 22.3 Å². The topological polar surface area (TPSA) is 268 Å². The van der Waals surface area contributed by atoms with Gasteiger partial charge in [0.25, 0.3) is 11.7 Å². The third-order valence-corrected chi connectivity index (χ3v) is 21.0. The number of cyclic esters (lactones) is 1. The molecule has 3 aromatic rings. The number of hydrogen-bond donors (Lipinski definition) is 3. The number of Topliss-reactive ketones (excluding diaryl/α,β-unsaturated/α-hetero) is 3. The molecule has 2 bridgehead atoms. The van der Waals surface area contributed by atoms with Gasteiger partial charge in [-0.1, -0.05) is 71.1 Å².